The summed E-state index contributed by atoms with van der Waals surface area (Å²) < 4.78 is 5.35. The van der Waals surface area contributed by atoms with Gasteiger partial charge in [0.1, 0.15) is 5.75 Å². The van der Waals surface area contributed by atoms with Gasteiger partial charge in [0, 0.05) is 49.3 Å². The third-order valence-corrected chi connectivity index (χ3v) is 5.81. The van der Waals surface area contributed by atoms with Crippen molar-refractivity contribution >= 4 is 28.9 Å². The summed E-state index contributed by atoms with van der Waals surface area (Å²) >= 11 is 6.18. The molecule has 7 nitrogen and oxygen atoms in total. The average Bonchev–Trinajstić information content (AvgIpc) is 2.77. The molecule has 0 radical (unpaired) electrons. The molecule has 5 N–H and O–H groups in total. The van der Waals surface area contributed by atoms with Crippen LogP contribution in [0.1, 0.15) is 12.5 Å². The van der Waals surface area contributed by atoms with E-state index in [0.717, 1.165) is 43.0 Å². The topological polar surface area (TPSA) is 86.9 Å². The number of halogens is 1. The maximum absolute atomic E-state index is 6.74. The smallest absolute Gasteiger partial charge is 0.202 e. The van der Waals surface area contributed by atoms with Crippen LogP contribution in [0.2, 0.25) is 5.02 Å². The number of nitrogens with two attached hydrogens (primary N) is 1. The van der Waals surface area contributed by atoms with Crippen LogP contribution >= 0.6 is 11.6 Å². The van der Waals surface area contributed by atoms with E-state index in [1.165, 1.54) is 5.69 Å². The second-order valence-electron chi connectivity index (χ2n) is 7.46. The first kappa shape index (κ1) is 20.5. The average molecular weight is 427 g/mol. The van der Waals surface area contributed by atoms with Crippen LogP contribution in [0.25, 0.3) is 0 Å². The molecular formula is C22H27ClN6O. The van der Waals surface area contributed by atoms with Crippen molar-refractivity contribution in [2.24, 2.45) is 10.7 Å². The number of hydrogen-bond donors (Lipinski definition) is 4. The van der Waals surface area contributed by atoms with Gasteiger partial charge in [0.25, 0.3) is 0 Å². The monoisotopic (exact) mass is 426 g/mol. The predicted molar refractivity (Wildman–Crippen MR) is 123 cm³/mol. The maximum Gasteiger partial charge on any atom is 0.202 e. The van der Waals surface area contributed by atoms with Crippen molar-refractivity contribution in [3.8, 4) is 5.75 Å². The highest BCUT2D eigenvalue weighted by atomic mass is 35.5. The molecule has 158 valence electrons. The molecule has 0 bridgehead atoms. The fraction of sp³-hybridized carbons (Fsp3) is 0.318. The molecule has 0 aromatic heterocycles. The molecule has 2 aromatic carbocycles. The van der Waals surface area contributed by atoms with Gasteiger partial charge < -0.3 is 25.6 Å². The third-order valence-electron chi connectivity index (χ3n) is 5.50. The fourth-order valence-corrected chi connectivity index (χ4v) is 3.87. The van der Waals surface area contributed by atoms with E-state index in [1.807, 2.05) is 37.4 Å². The SMILES string of the molecule is COc1cc(C2(N)N=C(Nc3cccc(N4CCNCC4)c3)NC=C2C)ccc1Cl. The number of anilines is 2. The number of ether oxygens (including phenoxy) is 1. The molecule has 2 aliphatic rings. The molecule has 30 heavy (non-hydrogen) atoms. The lowest BCUT2D eigenvalue weighted by Gasteiger charge is -2.32. The number of benzene rings is 2. The fourth-order valence-electron chi connectivity index (χ4n) is 3.68. The summed E-state index contributed by atoms with van der Waals surface area (Å²) in [4.78, 5) is 7.16. The van der Waals surface area contributed by atoms with Gasteiger partial charge in [0.15, 0.2) is 5.66 Å². The van der Waals surface area contributed by atoms with E-state index < -0.39 is 5.66 Å². The summed E-state index contributed by atoms with van der Waals surface area (Å²) in [5.41, 5.74) is 9.52. The van der Waals surface area contributed by atoms with Gasteiger partial charge in [0.05, 0.1) is 12.1 Å². The number of guanidine groups is 1. The minimum absolute atomic E-state index is 0.535. The van der Waals surface area contributed by atoms with Crippen molar-refractivity contribution in [2.45, 2.75) is 12.6 Å². The number of methoxy groups -OCH3 is 1. The van der Waals surface area contributed by atoms with Crippen LogP contribution in [0.5, 0.6) is 5.75 Å². The molecule has 0 amide bonds. The lowest BCUT2D eigenvalue weighted by molar-refractivity contribution is 0.412. The molecule has 2 heterocycles. The quantitative estimate of drug-likeness (QED) is 0.601. The van der Waals surface area contributed by atoms with Gasteiger partial charge in [-0.25, -0.2) is 4.99 Å². The molecule has 0 spiro atoms. The lowest BCUT2D eigenvalue weighted by atomic mass is 9.93. The van der Waals surface area contributed by atoms with Gasteiger partial charge in [-0.2, -0.15) is 0 Å². The highest BCUT2D eigenvalue weighted by molar-refractivity contribution is 6.32. The van der Waals surface area contributed by atoms with Gasteiger partial charge in [-0.15, -0.1) is 0 Å². The van der Waals surface area contributed by atoms with E-state index in [0.29, 0.717) is 16.7 Å². The van der Waals surface area contributed by atoms with E-state index >= 15 is 0 Å². The van der Waals surface area contributed by atoms with Gasteiger partial charge in [-0.1, -0.05) is 23.7 Å². The van der Waals surface area contributed by atoms with Crippen molar-refractivity contribution in [1.82, 2.24) is 10.6 Å². The van der Waals surface area contributed by atoms with E-state index in [4.69, 9.17) is 27.1 Å². The molecule has 0 aliphatic carbocycles. The highest BCUT2D eigenvalue weighted by Crippen LogP contribution is 2.35. The zero-order valence-electron chi connectivity index (χ0n) is 17.2. The van der Waals surface area contributed by atoms with Gasteiger partial charge >= 0.3 is 0 Å². The zero-order valence-corrected chi connectivity index (χ0v) is 18.0. The lowest BCUT2D eigenvalue weighted by Crippen LogP contribution is -2.45. The highest BCUT2D eigenvalue weighted by Gasteiger charge is 2.33. The number of hydrogen-bond acceptors (Lipinski definition) is 7. The van der Waals surface area contributed by atoms with Crippen LogP contribution in [-0.4, -0.2) is 39.2 Å². The Hall–Kier alpha value is -2.74. The van der Waals surface area contributed by atoms with Crippen LogP contribution in [0.15, 0.2) is 59.2 Å². The Bertz CT molecular complexity index is 985. The third kappa shape index (κ3) is 4.09. The van der Waals surface area contributed by atoms with Crippen LogP contribution in [0.3, 0.4) is 0 Å². The largest absolute Gasteiger partial charge is 0.495 e. The number of piperazine rings is 1. The van der Waals surface area contributed by atoms with Crippen molar-refractivity contribution in [1.29, 1.82) is 0 Å². The summed E-state index contributed by atoms with van der Waals surface area (Å²) in [5, 5.41) is 10.5. The normalized spacial score (nSPS) is 21.4. The second kappa shape index (κ2) is 8.55. The molecule has 1 fully saturated rings. The Morgan fingerprint density at radius 1 is 1.20 bits per heavy atom. The Balaban J connectivity index is 1.59. The summed E-state index contributed by atoms with van der Waals surface area (Å²) in [6, 6.07) is 13.8. The summed E-state index contributed by atoms with van der Waals surface area (Å²) in [6.45, 7) is 5.93. The Kier molecular flexibility index (Phi) is 5.85. The standard InChI is InChI=1S/C22H27ClN6O/c1-15-14-26-21(28-22(15,24)16-6-7-19(23)20(12-16)30-2)27-17-4-3-5-18(13-17)29-10-8-25-9-11-29/h3-7,12-14,25H,8-11,24H2,1-2H3,(H2,26,27,28). The molecule has 2 aliphatic heterocycles. The molecule has 2 aromatic rings. The van der Waals surface area contributed by atoms with E-state index in [1.54, 1.807) is 13.2 Å². The van der Waals surface area contributed by atoms with Crippen molar-refractivity contribution < 1.29 is 4.74 Å². The minimum Gasteiger partial charge on any atom is -0.495 e. The molecule has 4 rings (SSSR count). The summed E-state index contributed by atoms with van der Waals surface area (Å²) in [7, 11) is 1.58. The first-order valence-electron chi connectivity index (χ1n) is 9.99. The number of nitrogens with one attached hydrogen (secondary N) is 3. The van der Waals surface area contributed by atoms with Crippen LogP contribution in [-0.2, 0) is 5.66 Å². The van der Waals surface area contributed by atoms with Gasteiger partial charge in [-0.3, -0.25) is 5.73 Å². The van der Waals surface area contributed by atoms with E-state index in [-0.39, 0.29) is 0 Å². The predicted octanol–water partition coefficient (Wildman–Crippen LogP) is 2.84. The molecule has 8 heteroatoms. The number of aliphatic imine (C=N–C) groups is 1. The number of rotatable bonds is 4. The van der Waals surface area contributed by atoms with E-state index in [2.05, 4.69) is 33.0 Å². The van der Waals surface area contributed by atoms with Crippen LogP contribution in [0, 0.1) is 0 Å². The Morgan fingerprint density at radius 3 is 2.77 bits per heavy atom. The van der Waals surface area contributed by atoms with Crippen LogP contribution in [0.4, 0.5) is 11.4 Å². The second-order valence-corrected chi connectivity index (χ2v) is 7.87. The molecule has 1 unspecified atom stereocenters. The molecular weight excluding hydrogens is 400 g/mol. The minimum atomic E-state index is -1.03. The Labute approximate surface area is 181 Å². The summed E-state index contributed by atoms with van der Waals surface area (Å²) in [6.07, 6.45) is 1.87. The maximum atomic E-state index is 6.74. The van der Waals surface area contributed by atoms with Crippen molar-refractivity contribution in [3.63, 3.8) is 0 Å². The van der Waals surface area contributed by atoms with Gasteiger partial charge in [-0.05, 0) is 42.8 Å². The number of nitrogens with zero attached hydrogens (tertiary/aromatic N) is 2. The van der Waals surface area contributed by atoms with Crippen molar-refractivity contribution in [2.75, 3.05) is 43.5 Å². The van der Waals surface area contributed by atoms with Gasteiger partial charge in [0.2, 0.25) is 5.96 Å². The molecule has 1 atom stereocenters. The van der Waals surface area contributed by atoms with E-state index in [9.17, 15) is 0 Å². The molecule has 1 saturated heterocycles. The zero-order chi connectivity index (χ0) is 21.1. The first-order valence-corrected chi connectivity index (χ1v) is 10.4. The molecule has 0 saturated carbocycles. The first-order chi connectivity index (χ1) is 14.5. The summed E-state index contributed by atoms with van der Waals surface area (Å²) in [5.74, 6) is 1.15. The van der Waals surface area contributed by atoms with Crippen molar-refractivity contribution in [3.05, 3.63) is 64.8 Å². The van der Waals surface area contributed by atoms with Crippen LogP contribution < -0.4 is 31.3 Å². The Morgan fingerprint density at radius 2 is 2.00 bits per heavy atom.